The van der Waals surface area contributed by atoms with E-state index in [2.05, 4.69) is 4.98 Å². The number of carbonyl (C=O) groups is 1. The summed E-state index contributed by atoms with van der Waals surface area (Å²) in [6.07, 6.45) is 3.54. The normalized spacial score (nSPS) is 11.0. The lowest BCUT2D eigenvalue weighted by Crippen LogP contribution is -2.12. The van der Waals surface area contributed by atoms with Crippen LogP contribution in [0.1, 0.15) is 16.2 Å². The molecule has 0 fully saturated rings. The summed E-state index contributed by atoms with van der Waals surface area (Å²) in [5.74, 6) is -0.365. The van der Waals surface area contributed by atoms with Gasteiger partial charge < -0.3 is 18.7 Å². The second-order valence-electron chi connectivity index (χ2n) is 4.36. The lowest BCUT2D eigenvalue weighted by Gasteiger charge is -2.06. The van der Waals surface area contributed by atoms with E-state index < -0.39 is 0 Å². The zero-order valence-electron chi connectivity index (χ0n) is 10.6. The lowest BCUT2D eigenvalue weighted by atomic mass is 10.4. The molecule has 19 heavy (non-hydrogen) atoms. The summed E-state index contributed by atoms with van der Waals surface area (Å²) in [4.78, 5) is 14.8. The van der Waals surface area contributed by atoms with E-state index in [-0.39, 0.29) is 5.97 Å². The predicted molar refractivity (Wildman–Crippen MR) is 70.0 cm³/mol. The molecule has 0 atom stereocenters. The van der Waals surface area contributed by atoms with Crippen molar-refractivity contribution in [3.63, 3.8) is 0 Å². The van der Waals surface area contributed by atoms with E-state index in [1.807, 2.05) is 29.8 Å². The highest BCUT2D eigenvalue weighted by molar-refractivity contribution is 5.93. The van der Waals surface area contributed by atoms with Crippen molar-refractivity contribution in [1.29, 1.82) is 0 Å². The van der Waals surface area contributed by atoms with Crippen LogP contribution in [0.5, 0.6) is 0 Å². The van der Waals surface area contributed by atoms with Crippen LogP contribution in [0.3, 0.4) is 0 Å². The largest absolute Gasteiger partial charge is 0.463 e. The van der Waals surface area contributed by atoms with Crippen molar-refractivity contribution in [2.45, 2.75) is 13.5 Å². The number of esters is 1. The van der Waals surface area contributed by atoms with Crippen molar-refractivity contribution in [3.8, 4) is 0 Å². The maximum Gasteiger partial charge on any atom is 0.354 e. The van der Waals surface area contributed by atoms with Crippen molar-refractivity contribution < 1.29 is 13.9 Å². The smallest absolute Gasteiger partial charge is 0.354 e. The van der Waals surface area contributed by atoms with Gasteiger partial charge in [0.2, 0.25) is 0 Å². The Bertz CT molecular complexity index is 676. The third-order valence-electron chi connectivity index (χ3n) is 3.08. The van der Waals surface area contributed by atoms with Crippen molar-refractivity contribution in [2.75, 3.05) is 6.61 Å². The quantitative estimate of drug-likeness (QED) is 0.732. The Labute approximate surface area is 109 Å². The summed E-state index contributed by atoms with van der Waals surface area (Å²) in [7, 11) is 0. The van der Waals surface area contributed by atoms with Gasteiger partial charge in [-0.25, -0.2) is 4.79 Å². The molecule has 0 aliphatic rings. The Morgan fingerprint density at radius 1 is 1.47 bits per heavy atom. The molecule has 3 rings (SSSR count). The number of nitrogens with zero attached hydrogens (tertiary/aromatic N) is 1. The molecule has 0 bridgehead atoms. The van der Waals surface area contributed by atoms with E-state index in [0.29, 0.717) is 24.4 Å². The average Bonchev–Trinajstić information content (AvgIpc) is 3.04. The summed E-state index contributed by atoms with van der Waals surface area (Å²) >= 11 is 0. The number of furan rings is 1. The molecule has 3 aromatic heterocycles. The molecule has 0 saturated heterocycles. The average molecular weight is 258 g/mol. The van der Waals surface area contributed by atoms with Crippen LogP contribution in [-0.2, 0) is 11.3 Å². The van der Waals surface area contributed by atoms with Gasteiger partial charge in [-0.15, -0.1) is 0 Å². The maximum absolute atomic E-state index is 11.8. The Kier molecular flexibility index (Phi) is 2.87. The van der Waals surface area contributed by atoms with Crippen LogP contribution >= 0.6 is 0 Å². The van der Waals surface area contributed by atoms with Gasteiger partial charge in [-0.1, -0.05) is 0 Å². The summed E-state index contributed by atoms with van der Waals surface area (Å²) in [6, 6.07) is 7.41. The number of hydrogen-bond acceptors (Lipinski definition) is 3. The van der Waals surface area contributed by atoms with Crippen molar-refractivity contribution in [3.05, 3.63) is 48.1 Å². The number of hydrogen-bond donors (Lipinski definition) is 1. The number of nitrogens with one attached hydrogen (secondary N) is 1. The number of fused-ring (bicyclic) bond motifs is 1. The van der Waals surface area contributed by atoms with Crippen molar-refractivity contribution in [1.82, 2.24) is 9.55 Å². The second-order valence-corrected chi connectivity index (χ2v) is 4.36. The minimum absolute atomic E-state index is 0.342. The van der Waals surface area contributed by atoms with Gasteiger partial charge in [0.05, 0.1) is 18.3 Å². The molecule has 0 aromatic carbocycles. The number of aromatic amines is 1. The molecule has 0 aliphatic heterocycles. The molecule has 5 heteroatoms. The highest BCUT2D eigenvalue weighted by atomic mass is 16.5. The highest BCUT2D eigenvalue weighted by Crippen LogP contribution is 2.16. The van der Waals surface area contributed by atoms with Gasteiger partial charge in [0.1, 0.15) is 12.3 Å². The predicted octanol–water partition coefficient (Wildman–Crippen LogP) is 2.73. The molecule has 0 saturated carbocycles. The molecular weight excluding hydrogens is 244 g/mol. The molecule has 0 aliphatic carbocycles. The Balaban J connectivity index is 1.59. The maximum atomic E-state index is 11.8. The SMILES string of the molecule is Cc1cccn1CCOC(=O)c1cc2occc2[nH]1. The molecule has 98 valence electrons. The molecule has 0 unspecified atom stereocenters. The minimum Gasteiger partial charge on any atom is -0.463 e. The van der Waals surface area contributed by atoms with Crippen LogP contribution in [-0.4, -0.2) is 22.1 Å². The van der Waals surface area contributed by atoms with Crippen LogP contribution in [0.2, 0.25) is 0 Å². The van der Waals surface area contributed by atoms with Crippen LogP contribution in [0.15, 0.2) is 41.1 Å². The molecule has 3 aromatic rings. The number of aryl methyl sites for hydroxylation is 1. The highest BCUT2D eigenvalue weighted by Gasteiger charge is 2.12. The lowest BCUT2D eigenvalue weighted by molar-refractivity contribution is 0.0485. The van der Waals surface area contributed by atoms with E-state index in [4.69, 9.17) is 9.15 Å². The fourth-order valence-corrected chi connectivity index (χ4v) is 2.02. The van der Waals surface area contributed by atoms with E-state index in [1.165, 1.54) is 0 Å². The van der Waals surface area contributed by atoms with E-state index in [9.17, 15) is 4.79 Å². The van der Waals surface area contributed by atoms with Crippen LogP contribution < -0.4 is 0 Å². The van der Waals surface area contributed by atoms with Gasteiger partial charge in [0.25, 0.3) is 0 Å². The van der Waals surface area contributed by atoms with Crippen LogP contribution in [0.25, 0.3) is 11.1 Å². The van der Waals surface area contributed by atoms with E-state index in [1.54, 1.807) is 18.4 Å². The Morgan fingerprint density at radius 3 is 3.11 bits per heavy atom. The molecule has 1 N–H and O–H groups in total. The van der Waals surface area contributed by atoms with Crippen molar-refractivity contribution >= 4 is 17.1 Å². The monoisotopic (exact) mass is 258 g/mol. The first kappa shape index (κ1) is 11.6. The molecule has 5 nitrogen and oxygen atoms in total. The number of ether oxygens (including phenoxy) is 1. The molecule has 0 spiro atoms. The first-order chi connectivity index (χ1) is 9.24. The first-order valence-electron chi connectivity index (χ1n) is 6.09. The third-order valence-corrected chi connectivity index (χ3v) is 3.08. The summed E-state index contributed by atoms with van der Waals surface area (Å²) in [6.45, 7) is 3.01. The second kappa shape index (κ2) is 4.68. The van der Waals surface area contributed by atoms with Gasteiger partial charge in [-0.2, -0.15) is 0 Å². The Morgan fingerprint density at radius 2 is 2.37 bits per heavy atom. The van der Waals surface area contributed by atoms with Crippen LogP contribution in [0, 0.1) is 6.92 Å². The number of H-pyrrole nitrogens is 1. The molecule has 0 radical (unpaired) electrons. The summed E-state index contributed by atoms with van der Waals surface area (Å²) in [5.41, 5.74) is 3.02. The zero-order chi connectivity index (χ0) is 13.2. The minimum atomic E-state index is -0.365. The first-order valence-corrected chi connectivity index (χ1v) is 6.09. The van der Waals surface area contributed by atoms with Crippen molar-refractivity contribution in [2.24, 2.45) is 0 Å². The summed E-state index contributed by atoms with van der Waals surface area (Å²) < 4.78 is 12.4. The fraction of sp³-hybridized carbons (Fsp3) is 0.214. The molecular formula is C14H14N2O3. The van der Waals surface area contributed by atoms with Gasteiger partial charge in [0, 0.05) is 24.0 Å². The van der Waals surface area contributed by atoms with Crippen LogP contribution in [0.4, 0.5) is 0 Å². The fourth-order valence-electron chi connectivity index (χ4n) is 2.02. The Hall–Kier alpha value is -2.43. The topological polar surface area (TPSA) is 60.2 Å². The summed E-state index contributed by atoms with van der Waals surface area (Å²) in [5, 5.41) is 0. The number of carbonyl (C=O) groups excluding carboxylic acids is 1. The number of aromatic nitrogens is 2. The van der Waals surface area contributed by atoms with Gasteiger partial charge in [-0.3, -0.25) is 0 Å². The standard InChI is InChI=1S/C14H14N2O3/c1-10-3-2-5-16(10)6-8-19-14(17)12-9-13-11(15-12)4-7-18-13/h2-5,7,9,15H,6,8H2,1H3. The zero-order valence-corrected chi connectivity index (χ0v) is 10.6. The number of rotatable bonds is 4. The third kappa shape index (κ3) is 2.27. The molecule has 3 heterocycles. The van der Waals surface area contributed by atoms with Gasteiger partial charge in [0.15, 0.2) is 5.58 Å². The van der Waals surface area contributed by atoms with E-state index >= 15 is 0 Å². The van der Waals surface area contributed by atoms with Gasteiger partial charge in [-0.05, 0) is 19.1 Å². The van der Waals surface area contributed by atoms with E-state index in [0.717, 1.165) is 11.2 Å². The molecule has 0 amide bonds. The van der Waals surface area contributed by atoms with Gasteiger partial charge >= 0.3 is 5.97 Å².